The summed E-state index contributed by atoms with van der Waals surface area (Å²) in [6, 6.07) is 16.2. The molecule has 32 heavy (non-hydrogen) atoms. The van der Waals surface area contributed by atoms with Crippen LogP contribution in [0.4, 0.5) is 5.69 Å². The van der Waals surface area contributed by atoms with Crippen LogP contribution >= 0.6 is 0 Å². The molecule has 2 heterocycles. The van der Waals surface area contributed by atoms with E-state index in [2.05, 4.69) is 11.1 Å². The average molecular weight is 428 g/mol. The highest BCUT2D eigenvalue weighted by atomic mass is 16.5. The predicted octanol–water partition coefficient (Wildman–Crippen LogP) is 4.63. The van der Waals surface area contributed by atoms with E-state index in [-0.39, 0.29) is 0 Å². The minimum Gasteiger partial charge on any atom is -0.493 e. The van der Waals surface area contributed by atoms with Crippen LogP contribution in [0.15, 0.2) is 54.9 Å². The van der Waals surface area contributed by atoms with Crippen molar-refractivity contribution >= 4 is 11.3 Å². The Morgan fingerprint density at radius 1 is 0.906 bits per heavy atom. The summed E-state index contributed by atoms with van der Waals surface area (Å²) < 4.78 is 18.5. The SMILES string of the molecule is COc1cc(-c2cc(-c3ccc(N(C)C)cc3)c(C#N)c3nccn23)cc(OC)c1OC. The van der Waals surface area contributed by atoms with Crippen LogP contribution in [-0.4, -0.2) is 44.8 Å². The molecule has 0 bridgehead atoms. The van der Waals surface area contributed by atoms with Crippen molar-refractivity contribution in [1.82, 2.24) is 9.38 Å². The fourth-order valence-electron chi connectivity index (χ4n) is 3.81. The first-order chi connectivity index (χ1) is 15.5. The second-order valence-electron chi connectivity index (χ2n) is 7.41. The molecule has 0 atom stereocenters. The van der Waals surface area contributed by atoms with Crippen molar-refractivity contribution in [3.05, 3.63) is 60.4 Å². The molecular formula is C25H24N4O3. The number of rotatable bonds is 6. The molecule has 2 aromatic heterocycles. The van der Waals surface area contributed by atoms with Gasteiger partial charge in [-0.3, -0.25) is 4.40 Å². The Balaban J connectivity index is 2.00. The van der Waals surface area contributed by atoms with Crippen molar-refractivity contribution in [3.63, 3.8) is 0 Å². The van der Waals surface area contributed by atoms with E-state index < -0.39 is 0 Å². The lowest BCUT2D eigenvalue weighted by Crippen LogP contribution is -2.08. The van der Waals surface area contributed by atoms with Crippen LogP contribution in [0.5, 0.6) is 17.2 Å². The second-order valence-corrected chi connectivity index (χ2v) is 7.41. The Morgan fingerprint density at radius 3 is 2.09 bits per heavy atom. The molecule has 0 aliphatic heterocycles. The average Bonchev–Trinajstić information content (AvgIpc) is 3.31. The van der Waals surface area contributed by atoms with E-state index in [0.29, 0.717) is 28.5 Å². The lowest BCUT2D eigenvalue weighted by Gasteiger charge is -2.17. The summed E-state index contributed by atoms with van der Waals surface area (Å²) >= 11 is 0. The smallest absolute Gasteiger partial charge is 0.203 e. The summed E-state index contributed by atoms with van der Waals surface area (Å²) in [5.74, 6) is 1.63. The Bertz CT molecular complexity index is 1290. The van der Waals surface area contributed by atoms with Gasteiger partial charge in [0.1, 0.15) is 11.6 Å². The van der Waals surface area contributed by atoms with E-state index in [9.17, 15) is 5.26 Å². The van der Waals surface area contributed by atoms with E-state index in [1.165, 1.54) is 0 Å². The van der Waals surface area contributed by atoms with Crippen LogP contribution in [0.25, 0.3) is 28.0 Å². The van der Waals surface area contributed by atoms with Gasteiger partial charge in [-0.15, -0.1) is 0 Å². The highest BCUT2D eigenvalue weighted by Crippen LogP contribution is 2.42. The number of benzene rings is 2. The van der Waals surface area contributed by atoms with Gasteiger partial charge in [0.05, 0.1) is 27.0 Å². The van der Waals surface area contributed by atoms with Crippen molar-refractivity contribution in [3.8, 4) is 45.7 Å². The molecule has 0 aliphatic carbocycles. The van der Waals surface area contributed by atoms with E-state index in [1.807, 2.05) is 72.1 Å². The van der Waals surface area contributed by atoms with E-state index in [4.69, 9.17) is 14.2 Å². The van der Waals surface area contributed by atoms with Crippen molar-refractivity contribution < 1.29 is 14.2 Å². The number of methoxy groups -OCH3 is 3. The van der Waals surface area contributed by atoms with Gasteiger partial charge in [-0.1, -0.05) is 12.1 Å². The van der Waals surface area contributed by atoms with Crippen LogP contribution < -0.4 is 19.1 Å². The van der Waals surface area contributed by atoms with Gasteiger partial charge >= 0.3 is 0 Å². The van der Waals surface area contributed by atoms with Crippen LogP contribution in [0, 0.1) is 11.3 Å². The summed E-state index contributed by atoms with van der Waals surface area (Å²) in [6.45, 7) is 0. The third kappa shape index (κ3) is 3.46. The minimum absolute atomic E-state index is 0.517. The number of hydrogen-bond donors (Lipinski definition) is 0. The third-order valence-electron chi connectivity index (χ3n) is 5.44. The highest BCUT2D eigenvalue weighted by molar-refractivity contribution is 5.84. The molecule has 0 unspecified atom stereocenters. The van der Waals surface area contributed by atoms with Gasteiger partial charge in [0.2, 0.25) is 5.75 Å². The number of pyridine rings is 1. The fourth-order valence-corrected chi connectivity index (χ4v) is 3.81. The van der Waals surface area contributed by atoms with Gasteiger partial charge in [0, 0.05) is 43.3 Å². The Labute approximate surface area is 187 Å². The maximum atomic E-state index is 9.96. The molecule has 4 rings (SSSR count). The fraction of sp³-hybridized carbons (Fsp3) is 0.200. The zero-order chi connectivity index (χ0) is 22.8. The number of aromatic nitrogens is 2. The molecule has 0 spiro atoms. The summed E-state index contributed by atoms with van der Waals surface area (Å²) in [7, 11) is 8.74. The Morgan fingerprint density at radius 2 is 1.56 bits per heavy atom. The zero-order valence-corrected chi connectivity index (χ0v) is 18.7. The third-order valence-corrected chi connectivity index (χ3v) is 5.44. The van der Waals surface area contributed by atoms with Gasteiger partial charge in [-0.25, -0.2) is 4.98 Å². The van der Waals surface area contributed by atoms with Gasteiger partial charge in [-0.2, -0.15) is 5.26 Å². The van der Waals surface area contributed by atoms with Gasteiger partial charge in [0.25, 0.3) is 0 Å². The quantitative estimate of drug-likeness (QED) is 0.446. The molecule has 0 aliphatic rings. The molecule has 0 radical (unpaired) electrons. The van der Waals surface area contributed by atoms with Crippen molar-refractivity contribution in [2.75, 3.05) is 40.3 Å². The van der Waals surface area contributed by atoms with Crippen molar-refractivity contribution in [1.29, 1.82) is 5.26 Å². The van der Waals surface area contributed by atoms with Crippen LogP contribution in [0.1, 0.15) is 5.56 Å². The molecule has 2 aromatic carbocycles. The van der Waals surface area contributed by atoms with E-state index in [0.717, 1.165) is 28.1 Å². The van der Waals surface area contributed by atoms with Gasteiger partial charge in [0.15, 0.2) is 17.1 Å². The maximum absolute atomic E-state index is 9.96. The molecule has 4 aromatic rings. The first kappa shape index (κ1) is 21.1. The van der Waals surface area contributed by atoms with Crippen molar-refractivity contribution in [2.24, 2.45) is 0 Å². The monoisotopic (exact) mass is 428 g/mol. The summed E-state index contributed by atoms with van der Waals surface area (Å²) in [5, 5.41) is 9.96. The number of anilines is 1. The van der Waals surface area contributed by atoms with E-state index in [1.54, 1.807) is 27.5 Å². The summed E-state index contributed by atoms with van der Waals surface area (Å²) in [5.41, 5.74) is 5.63. The molecule has 162 valence electrons. The molecule has 0 fully saturated rings. The molecule has 0 amide bonds. The number of hydrogen-bond acceptors (Lipinski definition) is 6. The summed E-state index contributed by atoms with van der Waals surface area (Å²) in [4.78, 5) is 6.51. The Hall–Kier alpha value is -4.18. The number of ether oxygens (including phenoxy) is 3. The molecular weight excluding hydrogens is 404 g/mol. The minimum atomic E-state index is 0.517. The number of nitrogens with zero attached hydrogens (tertiary/aromatic N) is 4. The van der Waals surface area contributed by atoms with Crippen LogP contribution in [0.3, 0.4) is 0 Å². The number of nitriles is 1. The van der Waals surface area contributed by atoms with Crippen LogP contribution in [0.2, 0.25) is 0 Å². The molecule has 0 saturated carbocycles. The first-order valence-corrected chi connectivity index (χ1v) is 10.0. The maximum Gasteiger partial charge on any atom is 0.203 e. The normalized spacial score (nSPS) is 10.6. The second kappa shape index (κ2) is 8.52. The highest BCUT2D eigenvalue weighted by Gasteiger charge is 2.19. The number of imidazole rings is 1. The Kier molecular flexibility index (Phi) is 5.61. The first-order valence-electron chi connectivity index (χ1n) is 10.0. The standard InChI is InChI=1S/C25H24N4O3/c1-28(2)18-8-6-16(7-9-18)19-14-21(29-11-10-27-25(29)20(19)15-26)17-12-22(30-3)24(32-5)23(13-17)31-4/h6-14H,1-5H3. The lowest BCUT2D eigenvalue weighted by atomic mass is 9.98. The largest absolute Gasteiger partial charge is 0.493 e. The topological polar surface area (TPSA) is 72.0 Å². The van der Waals surface area contributed by atoms with Gasteiger partial charge < -0.3 is 19.1 Å². The van der Waals surface area contributed by atoms with Crippen LogP contribution in [-0.2, 0) is 0 Å². The molecule has 7 heteroatoms. The lowest BCUT2D eigenvalue weighted by molar-refractivity contribution is 0.324. The molecule has 0 saturated heterocycles. The predicted molar refractivity (Wildman–Crippen MR) is 125 cm³/mol. The van der Waals surface area contributed by atoms with Crippen molar-refractivity contribution in [2.45, 2.75) is 0 Å². The molecule has 7 nitrogen and oxygen atoms in total. The van der Waals surface area contributed by atoms with Gasteiger partial charge in [-0.05, 0) is 35.9 Å². The summed E-state index contributed by atoms with van der Waals surface area (Å²) in [6.07, 6.45) is 3.53. The molecule has 0 N–H and O–H groups in total. The van der Waals surface area contributed by atoms with E-state index >= 15 is 0 Å². The zero-order valence-electron chi connectivity index (χ0n) is 18.7. The number of fused-ring (bicyclic) bond motifs is 1.